The third-order valence-electron chi connectivity index (χ3n) is 4.84. The summed E-state index contributed by atoms with van der Waals surface area (Å²) < 4.78 is 16.5. The van der Waals surface area contributed by atoms with Crippen LogP contribution in [0.5, 0.6) is 0 Å². The number of aryl methyl sites for hydroxylation is 1. The molecular weight excluding hydrogens is 383 g/mol. The molecule has 1 aliphatic heterocycles. The largest absolute Gasteiger partial charge is 0.477 e. The summed E-state index contributed by atoms with van der Waals surface area (Å²) in [4.78, 5) is 30.5. The summed E-state index contributed by atoms with van der Waals surface area (Å²) in [6, 6.07) is 2.80. The lowest BCUT2D eigenvalue weighted by Gasteiger charge is -2.30. The van der Waals surface area contributed by atoms with E-state index in [1.807, 2.05) is 17.2 Å². The number of nitrogens with zero attached hydrogens (tertiary/aromatic N) is 3. The van der Waals surface area contributed by atoms with Crippen LogP contribution in [0.2, 0.25) is 0 Å². The number of piperazine rings is 1. The van der Waals surface area contributed by atoms with Crippen LogP contribution in [0.4, 0.5) is 10.1 Å². The number of pyridine rings is 1. The van der Waals surface area contributed by atoms with Crippen LogP contribution >= 0.6 is 11.3 Å². The molecular formula is C19H19FN4O3S. The van der Waals surface area contributed by atoms with Gasteiger partial charge in [0.25, 0.3) is 0 Å². The molecule has 1 aliphatic rings. The van der Waals surface area contributed by atoms with Crippen molar-refractivity contribution in [1.82, 2.24) is 14.9 Å². The molecule has 0 radical (unpaired) electrons. The Labute approximate surface area is 164 Å². The summed E-state index contributed by atoms with van der Waals surface area (Å²) in [5.74, 6) is -1.85. The van der Waals surface area contributed by atoms with E-state index in [-0.39, 0.29) is 10.9 Å². The van der Waals surface area contributed by atoms with Crippen molar-refractivity contribution in [1.29, 1.82) is 0 Å². The van der Waals surface area contributed by atoms with Gasteiger partial charge in [-0.2, -0.15) is 0 Å². The van der Waals surface area contributed by atoms with Gasteiger partial charge in [-0.25, -0.2) is 14.2 Å². The molecule has 2 aromatic heterocycles. The van der Waals surface area contributed by atoms with Crippen LogP contribution in [0.3, 0.4) is 0 Å². The maximum Gasteiger partial charge on any atom is 0.341 e. The van der Waals surface area contributed by atoms with E-state index in [0.29, 0.717) is 30.8 Å². The second-order valence-corrected chi connectivity index (χ2v) is 7.78. The summed E-state index contributed by atoms with van der Waals surface area (Å²) in [5.41, 5.74) is 0.611. The van der Waals surface area contributed by atoms with Crippen LogP contribution < -0.4 is 15.6 Å². The predicted molar refractivity (Wildman–Crippen MR) is 106 cm³/mol. The molecule has 0 spiro atoms. The number of carbonyl (C=O) groups is 1. The Hall–Kier alpha value is -2.78. The molecule has 3 heterocycles. The van der Waals surface area contributed by atoms with E-state index in [2.05, 4.69) is 10.3 Å². The van der Waals surface area contributed by atoms with Crippen molar-refractivity contribution in [3.05, 3.63) is 56.0 Å². The molecule has 1 saturated heterocycles. The molecule has 0 aliphatic carbocycles. The van der Waals surface area contributed by atoms with Crippen LogP contribution in [-0.4, -0.2) is 46.8 Å². The second kappa shape index (κ2) is 7.33. The first-order valence-electron chi connectivity index (χ1n) is 8.90. The van der Waals surface area contributed by atoms with Gasteiger partial charge in [-0.3, -0.25) is 4.79 Å². The summed E-state index contributed by atoms with van der Waals surface area (Å²) in [5, 5.41) is 15.5. The number of hydrogen-bond donors (Lipinski definition) is 2. The Morgan fingerprint density at radius 3 is 2.75 bits per heavy atom. The Morgan fingerprint density at radius 1 is 1.36 bits per heavy atom. The van der Waals surface area contributed by atoms with E-state index >= 15 is 0 Å². The monoisotopic (exact) mass is 402 g/mol. The number of fused-ring (bicyclic) bond motifs is 1. The quantitative estimate of drug-likeness (QED) is 0.695. The molecule has 0 unspecified atom stereocenters. The van der Waals surface area contributed by atoms with Crippen molar-refractivity contribution in [3.8, 4) is 0 Å². The molecule has 9 heteroatoms. The summed E-state index contributed by atoms with van der Waals surface area (Å²) in [6.45, 7) is 5.00. The molecule has 28 heavy (non-hydrogen) atoms. The van der Waals surface area contributed by atoms with Crippen LogP contribution in [0.1, 0.15) is 21.1 Å². The van der Waals surface area contributed by atoms with Crippen molar-refractivity contribution >= 4 is 33.9 Å². The fraction of sp³-hybridized carbons (Fsp3) is 0.316. The number of hydrogen-bond acceptors (Lipinski definition) is 6. The first kappa shape index (κ1) is 18.6. The maximum absolute atomic E-state index is 14.8. The van der Waals surface area contributed by atoms with Crippen LogP contribution in [0, 0.1) is 12.7 Å². The second-order valence-electron chi connectivity index (χ2n) is 6.72. The van der Waals surface area contributed by atoms with Gasteiger partial charge in [0.15, 0.2) is 0 Å². The molecule has 0 atom stereocenters. The number of carboxylic acids is 1. The first-order chi connectivity index (χ1) is 13.4. The average molecular weight is 402 g/mol. The number of benzene rings is 1. The van der Waals surface area contributed by atoms with Gasteiger partial charge in [0.2, 0.25) is 5.43 Å². The van der Waals surface area contributed by atoms with Gasteiger partial charge in [0.1, 0.15) is 11.4 Å². The van der Waals surface area contributed by atoms with Crippen molar-refractivity contribution in [3.63, 3.8) is 0 Å². The van der Waals surface area contributed by atoms with Gasteiger partial charge in [0.05, 0.1) is 28.5 Å². The van der Waals surface area contributed by atoms with E-state index in [4.69, 9.17) is 0 Å². The fourth-order valence-corrected chi connectivity index (χ4v) is 4.09. The van der Waals surface area contributed by atoms with E-state index in [0.717, 1.165) is 29.9 Å². The molecule has 7 nitrogen and oxygen atoms in total. The van der Waals surface area contributed by atoms with E-state index in [1.165, 1.54) is 17.5 Å². The normalized spacial score (nSPS) is 14.6. The summed E-state index contributed by atoms with van der Waals surface area (Å²) >= 11 is 1.49. The van der Waals surface area contributed by atoms with Gasteiger partial charge in [-0.15, -0.1) is 11.3 Å². The number of nitrogens with one attached hydrogen (secondary N) is 1. The van der Waals surface area contributed by atoms with Crippen LogP contribution in [-0.2, 0) is 6.54 Å². The van der Waals surface area contributed by atoms with E-state index in [1.54, 1.807) is 10.6 Å². The molecule has 146 valence electrons. The lowest BCUT2D eigenvalue weighted by Crippen LogP contribution is -2.43. The minimum absolute atomic E-state index is 0.0586. The first-order valence-corrected chi connectivity index (χ1v) is 9.78. The maximum atomic E-state index is 14.8. The molecule has 0 amide bonds. The van der Waals surface area contributed by atoms with Gasteiger partial charge >= 0.3 is 5.97 Å². The molecule has 1 aromatic carbocycles. The minimum atomic E-state index is -1.33. The Balaban J connectivity index is 1.92. The third-order valence-corrected chi connectivity index (χ3v) is 5.66. The molecule has 2 N–H and O–H groups in total. The third kappa shape index (κ3) is 3.38. The van der Waals surface area contributed by atoms with Crippen molar-refractivity contribution < 1.29 is 14.3 Å². The standard InChI is InChI=1S/C19H19FN4O3S/c1-11-22-12(10-28-11)8-24-9-14(19(26)27)18(25)13-6-15(20)17(7-16(13)24)23-4-2-21-3-5-23/h6-7,9-10,21H,2-5,8H2,1H3,(H,26,27). The zero-order chi connectivity index (χ0) is 19.8. The highest BCUT2D eigenvalue weighted by molar-refractivity contribution is 7.09. The smallest absolute Gasteiger partial charge is 0.341 e. The molecule has 1 fully saturated rings. The number of thiazole rings is 1. The molecule has 3 aromatic rings. The average Bonchev–Trinajstić information content (AvgIpc) is 3.09. The topological polar surface area (TPSA) is 87.5 Å². The van der Waals surface area contributed by atoms with Crippen molar-refractivity contribution in [2.75, 3.05) is 31.1 Å². The molecule has 0 bridgehead atoms. The Kier molecular flexibility index (Phi) is 4.86. The van der Waals surface area contributed by atoms with E-state index < -0.39 is 17.2 Å². The molecule has 0 saturated carbocycles. The number of rotatable bonds is 4. The number of carboxylic acid groups (broad SMARTS) is 1. The number of aromatic carboxylic acids is 1. The lowest BCUT2D eigenvalue weighted by atomic mass is 10.1. The summed E-state index contributed by atoms with van der Waals surface area (Å²) in [6.07, 6.45) is 1.32. The molecule has 4 rings (SSSR count). The van der Waals surface area contributed by atoms with Crippen molar-refractivity contribution in [2.45, 2.75) is 13.5 Å². The minimum Gasteiger partial charge on any atom is -0.477 e. The summed E-state index contributed by atoms with van der Waals surface area (Å²) in [7, 11) is 0. The van der Waals surface area contributed by atoms with Gasteiger partial charge in [0, 0.05) is 43.1 Å². The predicted octanol–water partition coefficient (Wildman–Crippen LogP) is 2.06. The van der Waals surface area contributed by atoms with Gasteiger partial charge < -0.3 is 19.9 Å². The number of anilines is 1. The highest BCUT2D eigenvalue weighted by atomic mass is 32.1. The van der Waals surface area contributed by atoms with Crippen molar-refractivity contribution in [2.24, 2.45) is 0 Å². The van der Waals surface area contributed by atoms with Gasteiger partial charge in [-0.1, -0.05) is 0 Å². The zero-order valence-electron chi connectivity index (χ0n) is 15.2. The van der Waals surface area contributed by atoms with Crippen LogP contribution in [0.25, 0.3) is 10.9 Å². The van der Waals surface area contributed by atoms with Gasteiger partial charge in [-0.05, 0) is 19.1 Å². The zero-order valence-corrected chi connectivity index (χ0v) is 16.1. The fourth-order valence-electron chi connectivity index (χ4n) is 3.49. The SMILES string of the molecule is Cc1nc(Cn2cc(C(=O)O)c(=O)c3cc(F)c(N4CCNCC4)cc32)cs1. The Morgan fingerprint density at radius 2 is 2.11 bits per heavy atom. The number of halogens is 1. The highest BCUT2D eigenvalue weighted by Crippen LogP contribution is 2.26. The Bertz CT molecular complexity index is 1120. The highest BCUT2D eigenvalue weighted by Gasteiger charge is 2.20. The lowest BCUT2D eigenvalue weighted by molar-refractivity contribution is 0.0695. The van der Waals surface area contributed by atoms with E-state index in [9.17, 15) is 19.1 Å². The van der Waals surface area contributed by atoms with Crippen LogP contribution in [0.15, 0.2) is 28.5 Å². The number of aromatic nitrogens is 2.